The summed E-state index contributed by atoms with van der Waals surface area (Å²) in [6, 6.07) is 12.7. The van der Waals surface area contributed by atoms with Gasteiger partial charge in [0.25, 0.3) is 0 Å². The second kappa shape index (κ2) is 10.3. The third-order valence-corrected chi connectivity index (χ3v) is 4.28. The van der Waals surface area contributed by atoms with Gasteiger partial charge >= 0.3 is 6.03 Å². The number of rotatable bonds is 8. The average molecular weight is 371 g/mol. The zero-order valence-corrected chi connectivity index (χ0v) is 15.7. The van der Waals surface area contributed by atoms with Crippen molar-refractivity contribution in [2.24, 2.45) is 0 Å². The zero-order valence-electron chi connectivity index (χ0n) is 15.7. The van der Waals surface area contributed by atoms with E-state index in [0.717, 1.165) is 23.1 Å². The van der Waals surface area contributed by atoms with Crippen molar-refractivity contribution in [3.63, 3.8) is 0 Å². The summed E-state index contributed by atoms with van der Waals surface area (Å²) in [5.41, 5.74) is 2.93. The van der Waals surface area contributed by atoms with Gasteiger partial charge in [0.2, 0.25) is 5.91 Å². The minimum atomic E-state index is -0.604. The highest BCUT2D eigenvalue weighted by Gasteiger charge is 2.19. The van der Waals surface area contributed by atoms with Crippen molar-refractivity contribution in [1.82, 2.24) is 16.0 Å². The predicted molar refractivity (Wildman–Crippen MR) is 103 cm³/mol. The van der Waals surface area contributed by atoms with Crippen LogP contribution < -0.4 is 16.0 Å². The molecule has 0 saturated carbocycles. The van der Waals surface area contributed by atoms with E-state index in [4.69, 9.17) is 0 Å². The molecular formula is C21H26FN3O2. The van der Waals surface area contributed by atoms with Crippen molar-refractivity contribution in [3.8, 4) is 0 Å². The molecule has 2 aromatic rings. The summed E-state index contributed by atoms with van der Waals surface area (Å²) in [4.78, 5) is 24.6. The molecule has 3 N–H and O–H groups in total. The van der Waals surface area contributed by atoms with Crippen molar-refractivity contribution in [2.45, 2.75) is 45.8 Å². The van der Waals surface area contributed by atoms with Crippen LogP contribution in [0.5, 0.6) is 0 Å². The highest BCUT2D eigenvalue weighted by molar-refractivity contribution is 5.86. The molecule has 27 heavy (non-hydrogen) atoms. The highest BCUT2D eigenvalue weighted by atomic mass is 19.1. The van der Waals surface area contributed by atoms with Gasteiger partial charge in [-0.2, -0.15) is 0 Å². The Morgan fingerprint density at radius 1 is 1.00 bits per heavy atom. The standard InChI is InChI=1S/C21H26FN3O2/c1-3-6-19(20(26)23-14-17-8-5-4-7-15(17)2)25-21(27)24-13-16-9-11-18(22)12-10-16/h4-5,7-12,19H,3,6,13-14H2,1-2H3,(H,23,26)(H2,24,25,27). The molecule has 144 valence electrons. The number of benzene rings is 2. The van der Waals surface area contributed by atoms with Crippen LogP contribution in [0.25, 0.3) is 0 Å². The number of urea groups is 1. The van der Waals surface area contributed by atoms with Crippen molar-refractivity contribution in [1.29, 1.82) is 0 Å². The Kier molecular flexibility index (Phi) is 7.79. The van der Waals surface area contributed by atoms with E-state index < -0.39 is 12.1 Å². The molecule has 0 spiro atoms. The zero-order chi connectivity index (χ0) is 19.6. The number of nitrogens with one attached hydrogen (secondary N) is 3. The van der Waals surface area contributed by atoms with E-state index >= 15 is 0 Å². The number of carbonyl (C=O) groups excluding carboxylic acids is 2. The fourth-order valence-corrected chi connectivity index (χ4v) is 2.67. The number of hydrogen-bond donors (Lipinski definition) is 3. The van der Waals surface area contributed by atoms with E-state index in [0.29, 0.717) is 13.0 Å². The third kappa shape index (κ3) is 6.73. The van der Waals surface area contributed by atoms with Crippen LogP contribution in [0.1, 0.15) is 36.5 Å². The van der Waals surface area contributed by atoms with Gasteiger partial charge in [-0.15, -0.1) is 0 Å². The molecule has 2 rings (SSSR count). The molecule has 0 aromatic heterocycles. The number of halogens is 1. The van der Waals surface area contributed by atoms with Gasteiger partial charge in [0.05, 0.1) is 0 Å². The minimum Gasteiger partial charge on any atom is -0.350 e. The van der Waals surface area contributed by atoms with E-state index in [9.17, 15) is 14.0 Å². The normalized spacial score (nSPS) is 11.5. The second-order valence-electron chi connectivity index (χ2n) is 6.44. The molecule has 0 aliphatic heterocycles. The van der Waals surface area contributed by atoms with Crippen molar-refractivity contribution < 1.29 is 14.0 Å². The van der Waals surface area contributed by atoms with Gasteiger partial charge in [0.15, 0.2) is 0 Å². The molecule has 0 aliphatic carbocycles. The molecule has 3 amide bonds. The van der Waals surface area contributed by atoms with Crippen LogP contribution in [-0.2, 0) is 17.9 Å². The average Bonchev–Trinajstić information content (AvgIpc) is 2.66. The lowest BCUT2D eigenvalue weighted by Crippen LogP contribution is -2.49. The van der Waals surface area contributed by atoms with E-state index in [1.54, 1.807) is 12.1 Å². The Balaban J connectivity index is 1.85. The van der Waals surface area contributed by atoms with Gasteiger partial charge in [-0.1, -0.05) is 49.7 Å². The fraction of sp³-hybridized carbons (Fsp3) is 0.333. The van der Waals surface area contributed by atoms with Gasteiger partial charge in [-0.25, -0.2) is 9.18 Å². The first-order chi connectivity index (χ1) is 13.0. The lowest BCUT2D eigenvalue weighted by molar-refractivity contribution is -0.123. The first kappa shape index (κ1) is 20.4. The summed E-state index contributed by atoms with van der Waals surface area (Å²) >= 11 is 0. The summed E-state index contributed by atoms with van der Waals surface area (Å²) in [7, 11) is 0. The highest BCUT2D eigenvalue weighted by Crippen LogP contribution is 2.07. The second-order valence-corrected chi connectivity index (χ2v) is 6.44. The predicted octanol–water partition coefficient (Wildman–Crippen LogP) is 3.42. The largest absolute Gasteiger partial charge is 0.350 e. The van der Waals surface area contributed by atoms with Gasteiger partial charge in [-0.05, 0) is 42.2 Å². The molecule has 0 bridgehead atoms. The molecular weight excluding hydrogens is 345 g/mol. The number of hydrogen-bond acceptors (Lipinski definition) is 2. The molecule has 1 atom stereocenters. The summed E-state index contributed by atoms with van der Waals surface area (Å²) in [6.07, 6.45) is 1.31. The topological polar surface area (TPSA) is 70.2 Å². The molecule has 0 saturated heterocycles. The Bertz CT molecular complexity index is 762. The monoisotopic (exact) mass is 371 g/mol. The quantitative estimate of drug-likeness (QED) is 0.665. The van der Waals surface area contributed by atoms with E-state index in [1.165, 1.54) is 12.1 Å². The van der Waals surface area contributed by atoms with Gasteiger partial charge in [0.1, 0.15) is 11.9 Å². The first-order valence-electron chi connectivity index (χ1n) is 9.10. The van der Waals surface area contributed by atoms with Gasteiger partial charge in [0, 0.05) is 13.1 Å². The van der Waals surface area contributed by atoms with Crippen LogP contribution in [0, 0.1) is 12.7 Å². The maximum Gasteiger partial charge on any atom is 0.315 e. The number of carbonyl (C=O) groups is 2. The molecule has 1 unspecified atom stereocenters. The van der Waals surface area contributed by atoms with Crippen LogP contribution >= 0.6 is 0 Å². The smallest absolute Gasteiger partial charge is 0.315 e. The van der Waals surface area contributed by atoms with Crippen LogP contribution in [-0.4, -0.2) is 18.0 Å². The van der Waals surface area contributed by atoms with Gasteiger partial charge in [-0.3, -0.25) is 4.79 Å². The summed E-state index contributed by atoms with van der Waals surface area (Å²) in [6.45, 7) is 4.63. The first-order valence-corrected chi connectivity index (χ1v) is 9.10. The number of aryl methyl sites for hydroxylation is 1. The minimum absolute atomic E-state index is 0.211. The molecule has 0 radical (unpaired) electrons. The SMILES string of the molecule is CCCC(NC(=O)NCc1ccc(F)cc1)C(=O)NCc1ccccc1C. The van der Waals surface area contributed by atoms with Crippen molar-refractivity contribution in [2.75, 3.05) is 0 Å². The van der Waals surface area contributed by atoms with E-state index in [1.807, 2.05) is 38.1 Å². The lowest BCUT2D eigenvalue weighted by atomic mass is 10.1. The van der Waals surface area contributed by atoms with Crippen LogP contribution in [0.4, 0.5) is 9.18 Å². The Morgan fingerprint density at radius 2 is 1.70 bits per heavy atom. The lowest BCUT2D eigenvalue weighted by Gasteiger charge is -2.18. The maximum absolute atomic E-state index is 12.9. The molecule has 0 heterocycles. The van der Waals surface area contributed by atoms with E-state index in [2.05, 4.69) is 16.0 Å². The molecule has 6 heteroatoms. The van der Waals surface area contributed by atoms with E-state index in [-0.39, 0.29) is 18.3 Å². The van der Waals surface area contributed by atoms with Crippen LogP contribution in [0.15, 0.2) is 48.5 Å². The van der Waals surface area contributed by atoms with Crippen LogP contribution in [0.3, 0.4) is 0 Å². The summed E-state index contributed by atoms with van der Waals surface area (Å²) < 4.78 is 12.9. The Morgan fingerprint density at radius 3 is 2.37 bits per heavy atom. The fourth-order valence-electron chi connectivity index (χ4n) is 2.67. The third-order valence-electron chi connectivity index (χ3n) is 4.28. The van der Waals surface area contributed by atoms with Gasteiger partial charge < -0.3 is 16.0 Å². The van der Waals surface area contributed by atoms with Crippen LogP contribution in [0.2, 0.25) is 0 Å². The maximum atomic E-state index is 12.9. The molecule has 0 fully saturated rings. The van der Waals surface area contributed by atoms with Crippen molar-refractivity contribution in [3.05, 3.63) is 71.0 Å². The summed E-state index contributed by atoms with van der Waals surface area (Å²) in [5.74, 6) is -0.534. The Labute approximate surface area is 159 Å². The van der Waals surface area contributed by atoms with Crippen molar-refractivity contribution >= 4 is 11.9 Å². The number of amides is 3. The summed E-state index contributed by atoms with van der Waals surface area (Å²) in [5, 5.41) is 8.29. The molecule has 0 aliphatic rings. The molecule has 2 aromatic carbocycles. The Hall–Kier alpha value is -2.89. The molecule has 5 nitrogen and oxygen atoms in total.